The molecule has 2 rings (SSSR count). The first kappa shape index (κ1) is 9.93. The quantitative estimate of drug-likeness (QED) is 0.742. The SMILES string of the molecule is CN1CCC(N(C)c2nccs2)CC1. The fourth-order valence-electron chi connectivity index (χ4n) is 1.93. The number of thiazole rings is 1. The lowest BCUT2D eigenvalue weighted by Crippen LogP contribution is -2.41. The highest BCUT2D eigenvalue weighted by molar-refractivity contribution is 7.13. The summed E-state index contributed by atoms with van der Waals surface area (Å²) in [5, 5.41) is 3.19. The predicted molar refractivity (Wildman–Crippen MR) is 61.0 cm³/mol. The number of nitrogens with zero attached hydrogens (tertiary/aromatic N) is 3. The van der Waals surface area contributed by atoms with Crippen molar-refractivity contribution in [2.75, 3.05) is 32.1 Å². The van der Waals surface area contributed by atoms with Crippen LogP contribution in [0.3, 0.4) is 0 Å². The van der Waals surface area contributed by atoms with Crippen LogP contribution >= 0.6 is 11.3 Å². The first-order valence-electron chi connectivity index (χ1n) is 5.08. The largest absolute Gasteiger partial charge is 0.348 e. The van der Waals surface area contributed by atoms with Gasteiger partial charge in [0.15, 0.2) is 5.13 Å². The van der Waals surface area contributed by atoms with E-state index in [9.17, 15) is 0 Å². The molecule has 1 aromatic rings. The van der Waals surface area contributed by atoms with E-state index in [4.69, 9.17) is 0 Å². The molecule has 0 N–H and O–H groups in total. The summed E-state index contributed by atoms with van der Waals surface area (Å²) in [6.45, 7) is 2.42. The molecule has 0 bridgehead atoms. The highest BCUT2D eigenvalue weighted by Gasteiger charge is 2.21. The number of hydrogen-bond acceptors (Lipinski definition) is 4. The smallest absolute Gasteiger partial charge is 0.185 e. The summed E-state index contributed by atoms with van der Waals surface area (Å²) < 4.78 is 0. The molecular weight excluding hydrogens is 194 g/mol. The van der Waals surface area contributed by atoms with Gasteiger partial charge in [-0.05, 0) is 33.0 Å². The zero-order chi connectivity index (χ0) is 9.97. The van der Waals surface area contributed by atoms with E-state index >= 15 is 0 Å². The first-order chi connectivity index (χ1) is 6.77. The Balaban J connectivity index is 1.95. The monoisotopic (exact) mass is 211 g/mol. The van der Waals surface area contributed by atoms with Crippen LogP contribution in [0.25, 0.3) is 0 Å². The minimum Gasteiger partial charge on any atom is -0.348 e. The summed E-state index contributed by atoms with van der Waals surface area (Å²) in [4.78, 5) is 9.07. The van der Waals surface area contributed by atoms with Crippen molar-refractivity contribution in [3.05, 3.63) is 11.6 Å². The van der Waals surface area contributed by atoms with Gasteiger partial charge in [-0.15, -0.1) is 11.3 Å². The molecule has 4 heteroatoms. The predicted octanol–water partition coefficient (Wildman–Crippen LogP) is 1.67. The molecule has 0 aliphatic carbocycles. The molecule has 0 atom stereocenters. The van der Waals surface area contributed by atoms with Crippen LogP contribution in [0.4, 0.5) is 5.13 Å². The van der Waals surface area contributed by atoms with Gasteiger partial charge < -0.3 is 9.80 Å². The third-order valence-corrected chi connectivity index (χ3v) is 3.82. The molecule has 2 heterocycles. The minimum atomic E-state index is 0.678. The third kappa shape index (κ3) is 2.07. The molecule has 14 heavy (non-hydrogen) atoms. The molecule has 1 aliphatic heterocycles. The standard InChI is InChI=1S/C10H17N3S/c1-12-6-3-9(4-7-12)13(2)10-11-5-8-14-10/h5,8-9H,3-4,6-7H2,1-2H3. The van der Waals surface area contributed by atoms with E-state index in [0.29, 0.717) is 6.04 Å². The summed E-state index contributed by atoms with van der Waals surface area (Å²) in [7, 11) is 4.36. The zero-order valence-corrected chi connectivity index (χ0v) is 9.63. The van der Waals surface area contributed by atoms with Crippen LogP contribution in [-0.2, 0) is 0 Å². The van der Waals surface area contributed by atoms with Gasteiger partial charge >= 0.3 is 0 Å². The Labute approximate surface area is 89.4 Å². The molecular formula is C10H17N3S. The minimum absolute atomic E-state index is 0.678. The highest BCUT2D eigenvalue weighted by atomic mass is 32.1. The number of likely N-dealkylation sites (tertiary alicyclic amines) is 1. The van der Waals surface area contributed by atoms with E-state index in [1.807, 2.05) is 11.6 Å². The van der Waals surface area contributed by atoms with Gasteiger partial charge in [0.2, 0.25) is 0 Å². The van der Waals surface area contributed by atoms with E-state index in [0.717, 1.165) is 5.13 Å². The second-order valence-corrected chi connectivity index (χ2v) is 4.83. The molecule has 3 nitrogen and oxygen atoms in total. The van der Waals surface area contributed by atoms with Crippen molar-refractivity contribution >= 4 is 16.5 Å². The summed E-state index contributed by atoms with van der Waals surface area (Å²) in [5.41, 5.74) is 0. The molecule has 0 saturated carbocycles. The number of hydrogen-bond donors (Lipinski definition) is 0. The first-order valence-corrected chi connectivity index (χ1v) is 5.96. The van der Waals surface area contributed by atoms with Crippen molar-refractivity contribution in [1.29, 1.82) is 0 Å². The van der Waals surface area contributed by atoms with Gasteiger partial charge in [0.25, 0.3) is 0 Å². The molecule has 0 spiro atoms. The lowest BCUT2D eigenvalue weighted by Gasteiger charge is -2.34. The van der Waals surface area contributed by atoms with Crippen molar-refractivity contribution in [3.63, 3.8) is 0 Å². The number of aromatic nitrogens is 1. The Hall–Kier alpha value is -0.610. The van der Waals surface area contributed by atoms with E-state index in [1.165, 1.54) is 25.9 Å². The van der Waals surface area contributed by atoms with Crippen LogP contribution < -0.4 is 4.90 Å². The molecule has 1 aliphatic rings. The Morgan fingerprint density at radius 2 is 2.21 bits per heavy atom. The van der Waals surface area contributed by atoms with E-state index in [-0.39, 0.29) is 0 Å². The van der Waals surface area contributed by atoms with E-state index in [2.05, 4.69) is 28.9 Å². The highest BCUT2D eigenvalue weighted by Crippen LogP contribution is 2.23. The lowest BCUT2D eigenvalue weighted by molar-refractivity contribution is 0.253. The molecule has 0 amide bonds. The molecule has 0 unspecified atom stereocenters. The fraction of sp³-hybridized carbons (Fsp3) is 0.700. The van der Waals surface area contributed by atoms with Crippen molar-refractivity contribution in [2.24, 2.45) is 0 Å². The van der Waals surface area contributed by atoms with Crippen molar-refractivity contribution < 1.29 is 0 Å². The number of rotatable bonds is 2. The Bertz CT molecular complexity index is 265. The Morgan fingerprint density at radius 1 is 1.50 bits per heavy atom. The van der Waals surface area contributed by atoms with Crippen molar-refractivity contribution in [3.8, 4) is 0 Å². The molecule has 0 radical (unpaired) electrons. The molecule has 0 aromatic carbocycles. The molecule has 1 aromatic heterocycles. The van der Waals surface area contributed by atoms with Crippen LogP contribution in [0.1, 0.15) is 12.8 Å². The zero-order valence-electron chi connectivity index (χ0n) is 8.81. The number of piperidine rings is 1. The van der Waals surface area contributed by atoms with Gasteiger partial charge in [0, 0.05) is 24.7 Å². The summed E-state index contributed by atoms with van der Waals surface area (Å²) >= 11 is 1.73. The Kier molecular flexibility index (Phi) is 3.03. The van der Waals surface area contributed by atoms with Gasteiger partial charge in [-0.1, -0.05) is 0 Å². The van der Waals surface area contributed by atoms with Crippen LogP contribution in [0.2, 0.25) is 0 Å². The Morgan fingerprint density at radius 3 is 2.79 bits per heavy atom. The summed E-state index contributed by atoms with van der Waals surface area (Å²) in [6, 6.07) is 0.678. The van der Waals surface area contributed by atoms with E-state index < -0.39 is 0 Å². The normalized spacial score (nSPS) is 19.9. The lowest BCUT2D eigenvalue weighted by atomic mass is 10.0. The van der Waals surface area contributed by atoms with E-state index in [1.54, 1.807) is 11.3 Å². The maximum absolute atomic E-state index is 4.34. The average molecular weight is 211 g/mol. The second-order valence-electron chi connectivity index (χ2n) is 3.96. The average Bonchev–Trinajstić information content (AvgIpc) is 2.71. The molecule has 1 saturated heterocycles. The van der Waals surface area contributed by atoms with Gasteiger partial charge in [0.05, 0.1) is 0 Å². The third-order valence-electron chi connectivity index (χ3n) is 2.96. The summed E-state index contributed by atoms with van der Waals surface area (Å²) in [6.07, 6.45) is 4.39. The van der Waals surface area contributed by atoms with Gasteiger partial charge in [-0.3, -0.25) is 0 Å². The van der Waals surface area contributed by atoms with Gasteiger partial charge in [0.1, 0.15) is 0 Å². The summed E-state index contributed by atoms with van der Waals surface area (Å²) in [5.74, 6) is 0. The van der Waals surface area contributed by atoms with Crippen molar-refractivity contribution in [1.82, 2.24) is 9.88 Å². The number of anilines is 1. The maximum atomic E-state index is 4.34. The molecule has 1 fully saturated rings. The topological polar surface area (TPSA) is 19.4 Å². The van der Waals surface area contributed by atoms with Crippen LogP contribution in [-0.4, -0.2) is 43.1 Å². The fourth-order valence-corrected chi connectivity index (χ4v) is 2.61. The molecule has 78 valence electrons. The van der Waals surface area contributed by atoms with Crippen LogP contribution in [0.5, 0.6) is 0 Å². The van der Waals surface area contributed by atoms with Gasteiger partial charge in [-0.25, -0.2) is 4.98 Å². The van der Waals surface area contributed by atoms with Gasteiger partial charge in [-0.2, -0.15) is 0 Å². The maximum Gasteiger partial charge on any atom is 0.185 e. The second kappa shape index (κ2) is 4.28. The van der Waals surface area contributed by atoms with Crippen molar-refractivity contribution in [2.45, 2.75) is 18.9 Å². The van der Waals surface area contributed by atoms with Crippen LogP contribution in [0.15, 0.2) is 11.6 Å². The van der Waals surface area contributed by atoms with Crippen LogP contribution in [0, 0.1) is 0 Å².